The SMILES string of the molecule is CCCCC(COC)NC(=O)C(=O)Nc1ncc(Cc2ccccc2)s1. The Kier molecular flexibility index (Phi) is 8.24. The molecule has 1 heterocycles. The summed E-state index contributed by atoms with van der Waals surface area (Å²) in [5.41, 5.74) is 1.17. The molecule has 0 aliphatic carbocycles. The van der Waals surface area contributed by atoms with E-state index in [0.29, 0.717) is 11.7 Å². The van der Waals surface area contributed by atoms with Crippen molar-refractivity contribution < 1.29 is 14.3 Å². The number of ether oxygens (including phenoxy) is 1. The molecule has 7 heteroatoms. The number of anilines is 1. The third-order valence-electron chi connectivity index (χ3n) is 3.81. The molecule has 140 valence electrons. The minimum atomic E-state index is -0.705. The highest BCUT2D eigenvalue weighted by molar-refractivity contribution is 7.15. The molecule has 1 atom stereocenters. The molecule has 6 nitrogen and oxygen atoms in total. The fraction of sp³-hybridized carbons (Fsp3) is 0.421. The maximum atomic E-state index is 12.1. The Labute approximate surface area is 158 Å². The van der Waals surface area contributed by atoms with Gasteiger partial charge in [0.1, 0.15) is 0 Å². The van der Waals surface area contributed by atoms with Crippen LogP contribution in [-0.4, -0.2) is 36.6 Å². The monoisotopic (exact) mass is 375 g/mol. The number of carbonyl (C=O) groups is 2. The summed E-state index contributed by atoms with van der Waals surface area (Å²) in [4.78, 5) is 29.4. The lowest BCUT2D eigenvalue weighted by Crippen LogP contribution is -2.43. The van der Waals surface area contributed by atoms with E-state index >= 15 is 0 Å². The maximum Gasteiger partial charge on any atom is 0.315 e. The van der Waals surface area contributed by atoms with Gasteiger partial charge in [-0.1, -0.05) is 50.1 Å². The average molecular weight is 375 g/mol. The van der Waals surface area contributed by atoms with Crippen molar-refractivity contribution in [3.8, 4) is 0 Å². The lowest BCUT2D eigenvalue weighted by molar-refractivity contribution is -0.136. The Hall–Kier alpha value is -2.25. The smallest absolute Gasteiger partial charge is 0.315 e. The predicted molar refractivity (Wildman–Crippen MR) is 103 cm³/mol. The van der Waals surface area contributed by atoms with Crippen LogP contribution < -0.4 is 10.6 Å². The summed E-state index contributed by atoms with van der Waals surface area (Å²) in [6.07, 6.45) is 5.23. The van der Waals surface area contributed by atoms with Crippen molar-refractivity contribution in [3.05, 3.63) is 47.0 Å². The fourth-order valence-electron chi connectivity index (χ4n) is 2.50. The lowest BCUT2D eigenvalue weighted by atomic mass is 10.1. The molecule has 0 fully saturated rings. The highest BCUT2D eigenvalue weighted by Gasteiger charge is 2.19. The first-order valence-corrected chi connectivity index (χ1v) is 9.53. The third-order valence-corrected chi connectivity index (χ3v) is 4.72. The van der Waals surface area contributed by atoms with Crippen LogP contribution in [0.1, 0.15) is 36.6 Å². The maximum absolute atomic E-state index is 12.1. The van der Waals surface area contributed by atoms with E-state index in [1.807, 2.05) is 30.3 Å². The largest absolute Gasteiger partial charge is 0.383 e. The summed E-state index contributed by atoms with van der Waals surface area (Å²) < 4.78 is 5.10. The molecule has 0 aliphatic rings. The van der Waals surface area contributed by atoms with Crippen molar-refractivity contribution in [2.75, 3.05) is 19.0 Å². The number of methoxy groups -OCH3 is 1. The molecule has 2 amide bonds. The molecule has 1 aromatic heterocycles. The van der Waals surface area contributed by atoms with Crippen molar-refractivity contribution in [2.45, 2.75) is 38.6 Å². The van der Waals surface area contributed by atoms with Gasteiger partial charge in [0.05, 0.1) is 12.6 Å². The number of nitrogens with zero attached hydrogens (tertiary/aromatic N) is 1. The lowest BCUT2D eigenvalue weighted by Gasteiger charge is -2.16. The van der Waals surface area contributed by atoms with Gasteiger partial charge in [0.2, 0.25) is 0 Å². The summed E-state index contributed by atoms with van der Waals surface area (Å²) in [6.45, 7) is 2.46. The number of hydrogen-bond donors (Lipinski definition) is 2. The number of unbranched alkanes of at least 4 members (excludes halogenated alkanes) is 1. The van der Waals surface area contributed by atoms with Gasteiger partial charge in [0.15, 0.2) is 5.13 Å². The van der Waals surface area contributed by atoms with E-state index in [9.17, 15) is 9.59 Å². The van der Waals surface area contributed by atoms with E-state index in [0.717, 1.165) is 30.6 Å². The van der Waals surface area contributed by atoms with Crippen LogP contribution in [0.3, 0.4) is 0 Å². The van der Waals surface area contributed by atoms with E-state index in [1.54, 1.807) is 13.3 Å². The Morgan fingerprint density at radius 1 is 1.23 bits per heavy atom. The number of carbonyl (C=O) groups excluding carboxylic acids is 2. The Morgan fingerprint density at radius 3 is 2.69 bits per heavy atom. The number of nitrogens with one attached hydrogen (secondary N) is 2. The summed E-state index contributed by atoms with van der Waals surface area (Å²) in [6, 6.07) is 9.85. The molecule has 0 bridgehead atoms. The van der Waals surface area contributed by atoms with E-state index in [1.165, 1.54) is 16.9 Å². The molecule has 2 N–H and O–H groups in total. The third kappa shape index (κ3) is 6.57. The number of thiazole rings is 1. The molecule has 0 aliphatic heterocycles. The predicted octanol–water partition coefficient (Wildman–Crippen LogP) is 2.99. The van der Waals surface area contributed by atoms with E-state index in [4.69, 9.17) is 4.74 Å². The summed E-state index contributed by atoms with van der Waals surface area (Å²) in [7, 11) is 1.58. The normalized spacial score (nSPS) is 11.8. The molecule has 26 heavy (non-hydrogen) atoms. The quantitative estimate of drug-likeness (QED) is 0.660. The molecule has 0 radical (unpaired) electrons. The first-order valence-electron chi connectivity index (χ1n) is 8.71. The van der Waals surface area contributed by atoms with Gasteiger partial charge in [-0.2, -0.15) is 0 Å². The molecular weight excluding hydrogens is 350 g/mol. The fourth-order valence-corrected chi connectivity index (χ4v) is 3.34. The summed E-state index contributed by atoms with van der Waals surface area (Å²) >= 11 is 1.37. The number of amides is 2. The van der Waals surface area contributed by atoms with Crippen LogP contribution >= 0.6 is 11.3 Å². The second-order valence-electron chi connectivity index (χ2n) is 6.02. The van der Waals surface area contributed by atoms with Crippen LogP contribution in [-0.2, 0) is 20.7 Å². The molecule has 0 saturated carbocycles. The standard InChI is InChI=1S/C19H25N3O3S/c1-3-4-10-15(13-25-2)21-17(23)18(24)22-19-20-12-16(26-19)11-14-8-6-5-7-9-14/h5-9,12,15H,3-4,10-11,13H2,1-2H3,(H,21,23)(H,20,22,24). The van der Waals surface area contributed by atoms with Gasteiger partial charge in [0, 0.05) is 24.6 Å². The topological polar surface area (TPSA) is 80.3 Å². The second kappa shape index (κ2) is 10.7. The van der Waals surface area contributed by atoms with Gasteiger partial charge in [-0.15, -0.1) is 11.3 Å². The zero-order chi connectivity index (χ0) is 18.8. The summed E-state index contributed by atoms with van der Waals surface area (Å²) in [5.74, 6) is -1.37. The molecule has 1 unspecified atom stereocenters. The van der Waals surface area contributed by atoms with E-state index in [-0.39, 0.29) is 6.04 Å². The van der Waals surface area contributed by atoms with Crippen molar-refractivity contribution in [1.82, 2.24) is 10.3 Å². The van der Waals surface area contributed by atoms with Crippen LogP contribution in [0.15, 0.2) is 36.5 Å². The molecule has 2 aromatic rings. The van der Waals surface area contributed by atoms with Crippen LogP contribution in [0.5, 0.6) is 0 Å². The van der Waals surface area contributed by atoms with Gasteiger partial charge >= 0.3 is 11.8 Å². The van der Waals surface area contributed by atoms with E-state index < -0.39 is 11.8 Å². The first-order chi connectivity index (χ1) is 12.6. The summed E-state index contributed by atoms with van der Waals surface area (Å²) in [5, 5.41) is 5.71. The molecule has 2 rings (SSSR count). The zero-order valence-corrected chi connectivity index (χ0v) is 16.0. The number of rotatable bonds is 9. The minimum absolute atomic E-state index is 0.164. The first kappa shape index (κ1) is 20.1. The molecule has 1 aromatic carbocycles. The Bertz CT molecular complexity index is 703. The van der Waals surface area contributed by atoms with Gasteiger partial charge in [-0.25, -0.2) is 4.98 Å². The van der Waals surface area contributed by atoms with Crippen molar-refractivity contribution in [3.63, 3.8) is 0 Å². The second-order valence-corrected chi connectivity index (χ2v) is 7.13. The average Bonchev–Trinajstić information content (AvgIpc) is 3.07. The minimum Gasteiger partial charge on any atom is -0.383 e. The number of hydrogen-bond acceptors (Lipinski definition) is 5. The molecular formula is C19H25N3O3S. The molecule has 0 spiro atoms. The van der Waals surface area contributed by atoms with Gasteiger partial charge < -0.3 is 10.1 Å². The molecule has 0 saturated heterocycles. The number of aromatic nitrogens is 1. The van der Waals surface area contributed by atoms with Crippen molar-refractivity contribution in [2.24, 2.45) is 0 Å². The highest BCUT2D eigenvalue weighted by Crippen LogP contribution is 2.21. The Morgan fingerprint density at radius 2 is 2.00 bits per heavy atom. The van der Waals surface area contributed by atoms with Crippen LogP contribution in [0.2, 0.25) is 0 Å². The zero-order valence-electron chi connectivity index (χ0n) is 15.2. The highest BCUT2D eigenvalue weighted by atomic mass is 32.1. The van der Waals surface area contributed by atoms with Gasteiger partial charge in [0.25, 0.3) is 0 Å². The van der Waals surface area contributed by atoms with E-state index in [2.05, 4.69) is 22.5 Å². The number of benzene rings is 1. The van der Waals surface area contributed by atoms with Crippen molar-refractivity contribution >= 4 is 28.3 Å². The van der Waals surface area contributed by atoms with Crippen LogP contribution in [0.25, 0.3) is 0 Å². The Balaban J connectivity index is 1.87. The van der Waals surface area contributed by atoms with Crippen molar-refractivity contribution in [1.29, 1.82) is 0 Å². The van der Waals surface area contributed by atoms with Gasteiger partial charge in [-0.05, 0) is 12.0 Å². The van der Waals surface area contributed by atoms with Gasteiger partial charge in [-0.3, -0.25) is 14.9 Å². The van der Waals surface area contributed by atoms with Crippen LogP contribution in [0, 0.1) is 0 Å². The van der Waals surface area contributed by atoms with Crippen LogP contribution in [0.4, 0.5) is 5.13 Å².